The number of para-hydroxylation sites is 1. The number of carbonyl (C=O) groups excluding carboxylic acids is 2. The number of carbonyl (C=O) groups is 2. The van der Waals surface area contributed by atoms with Crippen LogP contribution in [0.4, 0.5) is 0 Å². The van der Waals surface area contributed by atoms with Crippen LogP contribution in [0, 0.1) is 0 Å². The quantitative estimate of drug-likeness (QED) is 0.571. The number of aliphatic hydroxyl groups excluding tert-OH is 3. The van der Waals surface area contributed by atoms with Crippen molar-refractivity contribution in [3.8, 4) is 5.75 Å². The predicted octanol–water partition coefficient (Wildman–Crippen LogP) is 0.403. The molecule has 30 heavy (non-hydrogen) atoms. The minimum Gasteiger partial charge on any atom is -0.467 e. The van der Waals surface area contributed by atoms with Gasteiger partial charge in [0.15, 0.2) is 6.10 Å². The summed E-state index contributed by atoms with van der Waals surface area (Å²) in [5.41, 5.74) is 0.854. The summed E-state index contributed by atoms with van der Waals surface area (Å²) in [6.45, 7) is 0.0475. The van der Waals surface area contributed by atoms with Gasteiger partial charge in [0.1, 0.15) is 36.2 Å². The fourth-order valence-electron chi connectivity index (χ4n) is 2.92. The Labute approximate surface area is 172 Å². The average Bonchev–Trinajstić information content (AvgIpc) is 2.78. The molecule has 0 aromatic heterocycles. The van der Waals surface area contributed by atoms with Crippen molar-refractivity contribution in [1.29, 1.82) is 0 Å². The fourth-order valence-corrected chi connectivity index (χ4v) is 2.92. The Balaban J connectivity index is 1.74. The van der Waals surface area contributed by atoms with E-state index >= 15 is 0 Å². The molecule has 1 aliphatic heterocycles. The highest BCUT2D eigenvalue weighted by Crippen LogP contribution is 2.27. The third-order valence-corrected chi connectivity index (χ3v) is 4.57. The lowest BCUT2D eigenvalue weighted by atomic mass is 9.99. The maximum absolute atomic E-state index is 12.5. The molecule has 9 heteroatoms. The van der Waals surface area contributed by atoms with Crippen molar-refractivity contribution in [2.24, 2.45) is 0 Å². The number of methoxy groups -OCH3 is 1. The lowest BCUT2D eigenvalue weighted by Gasteiger charge is -2.39. The van der Waals surface area contributed by atoms with Gasteiger partial charge >= 0.3 is 11.9 Å². The maximum Gasteiger partial charge on any atom is 0.342 e. The molecule has 1 heterocycles. The van der Waals surface area contributed by atoms with Crippen LogP contribution in [-0.2, 0) is 25.6 Å². The number of ether oxygens (including phenoxy) is 4. The largest absolute Gasteiger partial charge is 0.467 e. The third kappa shape index (κ3) is 4.77. The van der Waals surface area contributed by atoms with E-state index < -0.39 is 42.6 Å². The molecule has 1 saturated heterocycles. The first-order valence-electron chi connectivity index (χ1n) is 9.16. The van der Waals surface area contributed by atoms with E-state index in [4.69, 9.17) is 14.2 Å². The molecule has 0 aliphatic carbocycles. The topological polar surface area (TPSA) is 132 Å². The van der Waals surface area contributed by atoms with Gasteiger partial charge in [-0.25, -0.2) is 9.59 Å². The second-order valence-corrected chi connectivity index (χ2v) is 6.60. The Morgan fingerprint density at radius 2 is 1.60 bits per heavy atom. The van der Waals surface area contributed by atoms with Crippen molar-refractivity contribution >= 4 is 11.9 Å². The summed E-state index contributed by atoms with van der Waals surface area (Å²) in [4.78, 5) is 24.3. The lowest BCUT2D eigenvalue weighted by molar-refractivity contribution is -0.271. The molecular weight excluding hydrogens is 396 g/mol. The Kier molecular flexibility index (Phi) is 7.01. The number of aliphatic hydroxyl groups is 3. The molecule has 3 N–H and O–H groups in total. The van der Waals surface area contributed by atoms with Gasteiger partial charge in [-0.15, -0.1) is 0 Å². The van der Waals surface area contributed by atoms with Crippen LogP contribution in [0.3, 0.4) is 0 Å². The molecule has 0 spiro atoms. The van der Waals surface area contributed by atoms with E-state index in [0.29, 0.717) is 0 Å². The summed E-state index contributed by atoms with van der Waals surface area (Å²) in [7, 11) is 1.09. The molecule has 3 rings (SSSR count). The zero-order chi connectivity index (χ0) is 21.7. The van der Waals surface area contributed by atoms with Gasteiger partial charge in [-0.1, -0.05) is 42.5 Å². The summed E-state index contributed by atoms with van der Waals surface area (Å²) >= 11 is 0. The van der Waals surface area contributed by atoms with E-state index in [2.05, 4.69) is 4.74 Å². The Morgan fingerprint density at radius 1 is 0.933 bits per heavy atom. The zero-order valence-electron chi connectivity index (χ0n) is 16.1. The van der Waals surface area contributed by atoms with E-state index in [0.717, 1.165) is 12.7 Å². The highest BCUT2D eigenvalue weighted by atomic mass is 16.7. The maximum atomic E-state index is 12.5. The standard InChI is InChI=1S/C21H22O9/c1-27-20(26)18-16(23)15(22)17(24)21(30-18)29-14-10-6-5-9-13(14)19(25)28-11-12-7-3-2-4-8-12/h2-10,15-18,21-24H,11H2,1H3/t15-,16?,17?,18?,21+/m1/s1. The molecular formula is C21H22O9. The Bertz CT molecular complexity index is 870. The first-order chi connectivity index (χ1) is 14.4. The van der Waals surface area contributed by atoms with Crippen LogP contribution >= 0.6 is 0 Å². The van der Waals surface area contributed by atoms with Crippen LogP contribution in [0.5, 0.6) is 5.75 Å². The van der Waals surface area contributed by atoms with Crippen LogP contribution in [0.1, 0.15) is 15.9 Å². The van der Waals surface area contributed by atoms with Crippen LogP contribution in [0.15, 0.2) is 54.6 Å². The van der Waals surface area contributed by atoms with Crippen LogP contribution in [0.2, 0.25) is 0 Å². The Morgan fingerprint density at radius 3 is 2.30 bits per heavy atom. The molecule has 1 fully saturated rings. The van der Waals surface area contributed by atoms with Gasteiger partial charge in [-0.3, -0.25) is 0 Å². The van der Waals surface area contributed by atoms with Crippen molar-refractivity contribution < 1.29 is 43.9 Å². The summed E-state index contributed by atoms with van der Waals surface area (Å²) in [6, 6.07) is 15.2. The Hall–Kier alpha value is -2.98. The third-order valence-electron chi connectivity index (χ3n) is 4.57. The number of hydrogen-bond donors (Lipinski definition) is 3. The SMILES string of the molecule is COC(=O)C1O[C@H](Oc2ccccc2C(=O)OCc2ccccc2)C(O)[C@H](O)C1O. The van der Waals surface area contributed by atoms with Crippen LogP contribution in [0.25, 0.3) is 0 Å². The second-order valence-electron chi connectivity index (χ2n) is 6.60. The van der Waals surface area contributed by atoms with Crippen LogP contribution < -0.4 is 4.74 Å². The van der Waals surface area contributed by atoms with Crippen molar-refractivity contribution in [3.05, 3.63) is 65.7 Å². The minimum atomic E-state index is -1.73. The zero-order valence-corrected chi connectivity index (χ0v) is 16.1. The molecule has 9 nitrogen and oxygen atoms in total. The lowest BCUT2D eigenvalue weighted by Crippen LogP contribution is -2.61. The van der Waals surface area contributed by atoms with Crippen molar-refractivity contribution in [3.63, 3.8) is 0 Å². The van der Waals surface area contributed by atoms with Gasteiger partial charge in [0.2, 0.25) is 6.29 Å². The van der Waals surface area contributed by atoms with Gasteiger partial charge in [0.25, 0.3) is 0 Å². The number of rotatable bonds is 6. The molecule has 0 amide bonds. The molecule has 160 valence electrons. The predicted molar refractivity (Wildman–Crippen MR) is 101 cm³/mol. The van der Waals surface area contributed by atoms with Crippen molar-refractivity contribution in [1.82, 2.24) is 0 Å². The fraction of sp³-hybridized carbons (Fsp3) is 0.333. The molecule has 0 saturated carbocycles. The molecule has 1 aliphatic rings. The van der Waals surface area contributed by atoms with Gasteiger partial charge in [-0.2, -0.15) is 0 Å². The van der Waals surface area contributed by atoms with Crippen molar-refractivity contribution in [2.75, 3.05) is 7.11 Å². The van der Waals surface area contributed by atoms with E-state index in [1.165, 1.54) is 12.1 Å². The summed E-state index contributed by atoms with van der Waals surface area (Å²) in [5.74, 6) is -1.62. The number of hydrogen-bond acceptors (Lipinski definition) is 9. The van der Waals surface area contributed by atoms with E-state index in [1.54, 1.807) is 12.1 Å². The van der Waals surface area contributed by atoms with Gasteiger partial charge in [-0.05, 0) is 17.7 Å². The smallest absolute Gasteiger partial charge is 0.342 e. The molecule has 3 unspecified atom stereocenters. The summed E-state index contributed by atoms with van der Waals surface area (Å²) in [5, 5.41) is 30.2. The average molecular weight is 418 g/mol. The van der Waals surface area contributed by atoms with E-state index in [-0.39, 0.29) is 17.9 Å². The second kappa shape index (κ2) is 9.68. The minimum absolute atomic E-state index is 0.00631. The van der Waals surface area contributed by atoms with Crippen LogP contribution in [-0.4, -0.2) is 65.1 Å². The molecule has 5 atom stereocenters. The molecule has 0 radical (unpaired) electrons. The highest BCUT2D eigenvalue weighted by molar-refractivity contribution is 5.92. The molecule has 2 aromatic carbocycles. The molecule has 2 aromatic rings. The van der Waals surface area contributed by atoms with Gasteiger partial charge in [0.05, 0.1) is 7.11 Å². The number of benzene rings is 2. The van der Waals surface area contributed by atoms with E-state index in [1.807, 2.05) is 30.3 Å². The monoisotopic (exact) mass is 418 g/mol. The first kappa shape index (κ1) is 21.7. The van der Waals surface area contributed by atoms with Crippen molar-refractivity contribution in [2.45, 2.75) is 37.3 Å². The van der Waals surface area contributed by atoms with Gasteiger partial charge in [0, 0.05) is 0 Å². The first-order valence-corrected chi connectivity index (χ1v) is 9.16. The molecule has 0 bridgehead atoms. The highest BCUT2D eigenvalue weighted by Gasteiger charge is 2.48. The van der Waals surface area contributed by atoms with Gasteiger partial charge < -0.3 is 34.3 Å². The van der Waals surface area contributed by atoms with E-state index in [9.17, 15) is 24.9 Å². The summed E-state index contributed by atoms with van der Waals surface area (Å²) in [6.07, 6.45) is -8.25. The normalized spacial score (nSPS) is 25.9. The number of esters is 2. The summed E-state index contributed by atoms with van der Waals surface area (Å²) < 4.78 is 20.7.